The highest BCUT2D eigenvalue weighted by atomic mass is 79.9. The van der Waals surface area contributed by atoms with Crippen molar-refractivity contribution in [3.05, 3.63) is 10.7 Å². The van der Waals surface area contributed by atoms with Crippen molar-refractivity contribution in [2.24, 2.45) is 0 Å². The van der Waals surface area contributed by atoms with Gasteiger partial charge >= 0.3 is 0 Å². The summed E-state index contributed by atoms with van der Waals surface area (Å²) < 4.78 is 23.7. The fraction of sp³-hybridized carbons (Fsp3) is 0.636. The van der Waals surface area contributed by atoms with Gasteiger partial charge in [-0.2, -0.15) is 4.98 Å². The van der Waals surface area contributed by atoms with Crippen LogP contribution in [0.5, 0.6) is 0 Å². The van der Waals surface area contributed by atoms with Crippen LogP contribution >= 0.6 is 15.9 Å². The summed E-state index contributed by atoms with van der Waals surface area (Å²) in [6.07, 6.45) is 2.69. The Kier molecular flexibility index (Phi) is 4.62. The Morgan fingerprint density at radius 3 is 2.74 bits per heavy atom. The molecule has 2 heterocycles. The molecule has 8 heteroatoms. The maximum Gasteiger partial charge on any atom is 0.224 e. The van der Waals surface area contributed by atoms with Crippen LogP contribution in [0, 0.1) is 0 Å². The number of anilines is 2. The maximum absolute atomic E-state index is 11.4. The minimum Gasteiger partial charge on any atom is -0.354 e. The molecule has 0 bridgehead atoms. The SMILES string of the molecule is CCCNc1ncc(Br)c(N2CCS(=O)(=O)CC2)n1. The molecular weight excluding hydrogens is 332 g/mol. The van der Waals surface area contributed by atoms with Gasteiger partial charge in [0.25, 0.3) is 0 Å². The molecule has 0 amide bonds. The molecule has 1 fully saturated rings. The van der Waals surface area contributed by atoms with Crippen molar-refractivity contribution in [1.82, 2.24) is 9.97 Å². The second kappa shape index (κ2) is 6.04. The first kappa shape index (κ1) is 14.5. The zero-order valence-corrected chi connectivity index (χ0v) is 13.2. The van der Waals surface area contributed by atoms with Gasteiger partial charge in [-0.15, -0.1) is 0 Å². The summed E-state index contributed by atoms with van der Waals surface area (Å²) in [6.45, 7) is 3.84. The number of sulfone groups is 1. The van der Waals surface area contributed by atoms with E-state index in [-0.39, 0.29) is 11.5 Å². The fourth-order valence-corrected chi connectivity index (χ4v) is 3.47. The summed E-state index contributed by atoms with van der Waals surface area (Å²) in [5.41, 5.74) is 0. The Bertz CT molecular complexity index is 536. The Morgan fingerprint density at radius 1 is 1.42 bits per heavy atom. The lowest BCUT2D eigenvalue weighted by atomic mass is 10.4. The van der Waals surface area contributed by atoms with Crippen LogP contribution in [0.2, 0.25) is 0 Å². The first-order valence-corrected chi connectivity index (χ1v) is 8.85. The number of halogens is 1. The number of hydrogen-bond acceptors (Lipinski definition) is 6. The average molecular weight is 349 g/mol. The van der Waals surface area contributed by atoms with Gasteiger partial charge in [0, 0.05) is 25.8 Å². The standard InChI is InChI=1S/C11H17BrN4O2S/c1-2-3-13-11-14-8-9(12)10(15-11)16-4-6-19(17,18)7-5-16/h8H,2-7H2,1H3,(H,13,14,15). The lowest BCUT2D eigenvalue weighted by Crippen LogP contribution is -2.41. The Labute approximate surface area is 121 Å². The van der Waals surface area contributed by atoms with Crippen molar-refractivity contribution >= 4 is 37.5 Å². The van der Waals surface area contributed by atoms with Crippen molar-refractivity contribution in [3.8, 4) is 0 Å². The topological polar surface area (TPSA) is 75.2 Å². The van der Waals surface area contributed by atoms with E-state index in [2.05, 4.69) is 38.1 Å². The summed E-state index contributed by atoms with van der Waals surface area (Å²) in [4.78, 5) is 10.6. The largest absolute Gasteiger partial charge is 0.354 e. The fourth-order valence-electron chi connectivity index (χ4n) is 1.83. The predicted molar refractivity (Wildman–Crippen MR) is 79.4 cm³/mol. The summed E-state index contributed by atoms with van der Waals surface area (Å²) in [7, 11) is -2.88. The van der Waals surface area contributed by atoms with Gasteiger partial charge in [0.2, 0.25) is 5.95 Å². The molecule has 1 aliphatic heterocycles. The van der Waals surface area contributed by atoms with Crippen LogP contribution in [0.3, 0.4) is 0 Å². The van der Waals surface area contributed by atoms with Crippen molar-refractivity contribution in [3.63, 3.8) is 0 Å². The second-order valence-electron chi connectivity index (χ2n) is 4.43. The third kappa shape index (κ3) is 3.79. The van der Waals surface area contributed by atoms with Crippen LogP contribution in [-0.2, 0) is 9.84 Å². The van der Waals surface area contributed by atoms with Crippen LogP contribution in [0.25, 0.3) is 0 Å². The highest BCUT2D eigenvalue weighted by Crippen LogP contribution is 2.25. The Hall–Kier alpha value is -0.890. The van der Waals surface area contributed by atoms with Gasteiger partial charge in [0.05, 0.1) is 16.0 Å². The molecule has 1 N–H and O–H groups in total. The first-order valence-electron chi connectivity index (χ1n) is 6.23. The van der Waals surface area contributed by atoms with E-state index in [0.29, 0.717) is 19.0 Å². The molecule has 0 aliphatic carbocycles. The van der Waals surface area contributed by atoms with E-state index in [1.807, 2.05) is 4.90 Å². The molecule has 0 saturated carbocycles. The molecular formula is C11H17BrN4O2S. The van der Waals surface area contributed by atoms with E-state index in [1.54, 1.807) is 6.20 Å². The monoisotopic (exact) mass is 348 g/mol. The van der Waals surface area contributed by atoms with E-state index in [0.717, 1.165) is 23.3 Å². The van der Waals surface area contributed by atoms with Crippen molar-refractivity contribution < 1.29 is 8.42 Å². The van der Waals surface area contributed by atoms with Crippen molar-refractivity contribution in [1.29, 1.82) is 0 Å². The van der Waals surface area contributed by atoms with Crippen LogP contribution in [-0.4, -0.2) is 49.5 Å². The molecule has 0 spiro atoms. The Morgan fingerprint density at radius 2 is 2.11 bits per heavy atom. The zero-order chi connectivity index (χ0) is 13.9. The van der Waals surface area contributed by atoms with Crippen LogP contribution in [0.4, 0.5) is 11.8 Å². The van der Waals surface area contributed by atoms with Gasteiger partial charge in [-0.3, -0.25) is 0 Å². The first-order chi connectivity index (χ1) is 9.02. The lowest BCUT2D eigenvalue weighted by Gasteiger charge is -2.28. The zero-order valence-electron chi connectivity index (χ0n) is 10.8. The van der Waals surface area contributed by atoms with E-state index in [1.165, 1.54) is 0 Å². The average Bonchev–Trinajstić information content (AvgIpc) is 2.38. The van der Waals surface area contributed by atoms with Gasteiger partial charge in [-0.1, -0.05) is 6.92 Å². The van der Waals surface area contributed by atoms with Gasteiger partial charge in [-0.05, 0) is 22.4 Å². The second-order valence-corrected chi connectivity index (χ2v) is 7.59. The van der Waals surface area contributed by atoms with Crippen LogP contribution < -0.4 is 10.2 Å². The molecule has 1 aliphatic rings. The molecule has 0 atom stereocenters. The van der Waals surface area contributed by atoms with Gasteiger partial charge in [0.1, 0.15) is 5.82 Å². The van der Waals surface area contributed by atoms with Crippen LogP contribution in [0.15, 0.2) is 10.7 Å². The summed E-state index contributed by atoms with van der Waals surface area (Å²) >= 11 is 3.42. The number of hydrogen-bond donors (Lipinski definition) is 1. The van der Waals surface area contributed by atoms with Crippen molar-refractivity contribution in [2.75, 3.05) is 41.4 Å². The molecule has 19 heavy (non-hydrogen) atoms. The van der Waals surface area contributed by atoms with E-state index in [4.69, 9.17) is 0 Å². The van der Waals surface area contributed by atoms with Gasteiger partial charge in [0.15, 0.2) is 9.84 Å². The van der Waals surface area contributed by atoms with E-state index < -0.39 is 9.84 Å². The summed E-state index contributed by atoms with van der Waals surface area (Å²) in [6, 6.07) is 0. The number of aromatic nitrogens is 2. The van der Waals surface area contributed by atoms with E-state index >= 15 is 0 Å². The van der Waals surface area contributed by atoms with E-state index in [9.17, 15) is 8.42 Å². The minimum atomic E-state index is -2.88. The quantitative estimate of drug-likeness (QED) is 0.883. The third-order valence-electron chi connectivity index (χ3n) is 2.90. The molecule has 2 rings (SSSR count). The maximum atomic E-state index is 11.4. The molecule has 1 saturated heterocycles. The number of nitrogens with zero attached hydrogens (tertiary/aromatic N) is 3. The third-order valence-corrected chi connectivity index (χ3v) is 5.07. The predicted octanol–water partition coefficient (Wildman–Crippen LogP) is 1.30. The normalized spacial score (nSPS) is 18.3. The minimum absolute atomic E-state index is 0.182. The smallest absolute Gasteiger partial charge is 0.224 e. The highest BCUT2D eigenvalue weighted by molar-refractivity contribution is 9.10. The molecule has 0 unspecified atom stereocenters. The molecule has 0 radical (unpaired) electrons. The van der Waals surface area contributed by atoms with Crippen molar-refractivity contribution in [2.45, 2.75) is 13.3 Å². The lowest BCUT2D eigenvalue weighted by molar-refractivity contribution is 0.586. The Balaban J connectivity index is 2.15. The summed E-state index contributed by atoms with van der Waals surface area (Å²) in [5.74, 6) is 1.69. The molecule has 6 nitrogen and oxygen atoms in total. The van der Waals surface area contributed by atoms with Gasteiger partial charge < -0.3 is 10.2 Å². The molecule has 1 aromatic rings. The number of nitrogens with one attached hydrogen (secondary N) is 1. The summed E-state index contributed by atoms with van der Waals surface area (Å²) in [5, 5.41) is 3.13. The molecule has 0 aromatic carbocycles. The molecule has 1 aromatic heterocycles. The highest BCUT2D eigenvalue weighted by Gasteiger charge is 2.24. The van der Waals surface area contributed by atoms with Crippen LogP contribution in [0.1, 0.15) is 13.3 Å². The van der Waals surface area contributed by atoms with Gasteiger partial charge in [-0.25, -0.2) is 13.4 Å². The molecule has 106 valence electrons. The number of rotatable bonds is 4.